The van der Waals surface area contributed by atoms with E-state index in [1.807, 2.05) is 13.8 Å². The van der Waals surface area contributed by atoms with Gasteiger partial charge in [-0.1, -0.05) is 12.1 Å². The van der Waals surface area contributed by atoms with Crippen molar-refractivity contribution in [2.45, 2.75) is 20.3 Å². The maximum atomic E-state index is 12.0. The molecule has 1 amide bonds. The lowest BCUT2D eigenvalue weighted by Crippen LogP contribution is -2.41. The molecule has 1 aromatic carbocycles. The van der Waals surface area contributed by atoms with E-state index in [0.29, 0.717) is 25.2 Å². The summed E-state index contributed by atoms with van der Waals surface area (Å²) in [6, 6.07) is 9.70. The summed E-state index contributed by atoms with van der Waals surface area (Å²) in [5.41, 5.74) is 2.86. The molecule has 0 aliphatic rings. The fraction of sp³-hybridized carbons (Fsp3) is 0.381. The van der Waals surface area contributed by atoms with Crippen LogP contribution in [0.5, 0.6) is 5.75 Å². The predicted octanol–water partition coefficient (Wildman–Crippen LogP) is 1.93. The average molecular weight is 383 g/mol. The number of carbonyl (C=O) groups excluding carboxylic acids is 1. The number of benzene rings is 1. The summed E-state index contributed by atoms with van der Waals surface area (Å²) in [5.74, 6) is 1.50. The second-order valence-corrected chi connectivity index (χ2v) is 6.24. The van der Waals surface area contributed by atoms with Gasteiger partial charge in [0.05, 0.1) is 12.7 Å². The third-order valence-electron chi connectivity index (χ3n) is 4.11. The molecule has 7 heteroatoms. The van der Waals surface area contributed by atoms with Crippen molar-refractivity contribution < 1.29 is 9.53 Å². The van der Waals surface area contributed by atoms with Crippen LogP contribution >= 0.6 is 0 Å². The van der Waals surface area contributed by atoms with Gasteiger partial charge in [-0.15, -0.1) is 0 Å². The lowest BCUT2D eigenvalue weighted by atomic mass is 10.1. The standard InChI is InChI=1S/C21H29N5O2/c1-4-23-21(25-11-9-17-8-7-16(2)19(14-17)28-3)26-13-12-24-20(27)18-6-5-10-22-15-18/h5-8,10,14-15H,4,9,11-13H2,1-3H3,(H,24,27)(H2,23,25,26). The Morgan fingerprint density at radius 1 is 1.18 bits per heavy atom. The Labute approximate surface area is 166 Å². The van der Waals surface area contributed by atoms with Crippen molar-refractivity contribution in [3.05, 3.63) is 59.4 Å². The van der Waals surface area contributed by atoms with E-state index in [2.05, 4.69) is 44.1 Å². The van der Waals surface area contributed by atoms with Crippen LogP contribution in [0.25, 0.3) is 0 Å². The first-order chi connectivity index (χ1) is 13.6. The Morgan fingerprint density at radius 2 is 2.00 bits per heavy atom. The Morgan fingerprint density at radius 3 is 2.71 bits per heavy atom. The number of guanidine groups is 1. The van der Waals surface area contributed by atoms with Gasteiger partial charge < -0.3 is 20.7 Å². The van der Waals surface area contributed by atoms with E-state index in [0.717, 1.165) is 30.2 Å². The number of amides is 1. The largest absolute Gasteiger partial charge is 0.496 e. The van der Waals surface area contributed by atoms with Gasteiger partial charge in [-0.3, -0.25) is 14.8 Å². The maximum absolute atomic E-state index is 12.0. The zero-order valence-corrected chi connectivity index (χ0v) is 16.8. The van der Waals surface area contributed by atoms with Crippen LogP contribution in [0.4, 0.5) is 0 Å². The fourth-order valence-electron chi connectivity index (χ4n) is 2.61. The van der Waals surface area contributed by atoms with Gasteiger partial charge in [0.2, 0.25) is 0 Å². The Hall–Kier alpha value is -3.09. The van der Waals surface area contributed by atoms with Crippen molar-refractivity contribution in [2.24, 2.45) is 4.99 Å². The molecule has 0 aliphatic carbocycles. The van der Waals surface area contributed by atoms with Crippen LogP contribution in [-0.2, 0) is 6.42 Å². The van der Waals surface area contributed by atoms with Crippen molar-refractivity contribution in [2.75, 3.05) is 33.3 Å². The average Bonchev–Trinajstić information content (AvgIpc) is 2.72. The summed E-state index contributed by atoms with van der Waals surface area (Å²) < 4.78 is 5.37. The highest BCUT2D eigenvalue weighted by Crippen LogP contribution is 2.19. The van der Waals surface area contributed by atoms with E-state index in [1.165, 1.54) is 5.56 Å². The van der Waals surface area contributed by atoms with Gasteiger partial charge in [-0.05, 0) is 49.6 Å². The van der Waals surface area contributed by atoms with Crippen LogP contribution in [0.15, 0.2) is 47.7 Å². The molecule has 0 saturated carbocycles. The predicted molar refractivity (Wildman–Crippen MR) is 112 cm³/mol. The van der Waals surface area contributed by atoms with Gasteiger partial charge in [0.25, 0.3) is 5.91 Å². The van der Waals surface area contributed by atoms with Gasteiger partial charge in [-0.2, -0.15) is 0 Å². The van der Waals surface area contributed by atoms with E-state index >= 15 is 0 Å². The molecule has 0 radical (unpaired) electrons. The van der Waals surface area contributed by atoms with E-state index in [4.69, 9.17) is 4.74 Å². The molecule has 0 atom stereocenters. The minimum atomic E-state index is -0.134. The molecular formula is C21H29N5O2. The van der Waals surface area contributed by atoms with E-state index < -0.39 is 0 Å². The topological polar surface area (TPSA) is 87.6 Å². The molecule has 2 rings (SSSR count). The Balaban J connectivity index is 1.78. The van der Waals surface area contributed by atoms with Crippen molar-refractivity contribution in [1.29, 1.82) is 0 Å². The minimum Gasteiger partial charge on any atom is -0.496 e. The molecule has 0 unspecified atom stereocenters. The molecule has 1 aromatic heterocycles. The van der Waals surface area contributed by atoms with Crippen molar-refractivity contribution >= 4 is 11.9 Å². The zero-order chi connectivity index (χ0) is 20.2. The molecule has 0 saturated heterocycles. The molecular weight excluding hydrogens is 354 g/mol. The summed E-state index contributed by atoms with van der Waals surface area (Å²) in [6.07, 6.45) is 4.02. The number of nitrogens with zero attached hydrogens (tertiary/aromatic N) is 2. The van der Waals surface area contributed by atoms with Gasteiger partial charge in [0, 0.05) is 38.6 Å². The van der Waals surface area contributed by atoms with Crippen LogP contribution in [0.1, 0.15) is 28.4 Å². The van der Waals surface area contributed by atoms with E-state index in [1.54, 1.807) is 31.6 Å². The van der Waals surface area contributed by atoms with Gasteiger partial charge in [-0.25, -0.2) is 0 Å². The fourth-order valence-corrected chi connectivity index (χ4v) is 2.61. The minimum absolute atomic E-state index is 0.134. The van der Waals surface area contributed by atoms with Crippen LogP contribution < -0.4 is 20.7 Å². The van der Waals surface area contributed by atoms with Crippen LogP contribution in [-0.4, -0.2) is 50.1 Å². The summed E-state index contributed by atoms with van der Waals surface area (Å²) in [4.78, 5) is 20.5. The molecule has 0 bridgehead atoms. The summed E-state index contributed by atoms with van der Waals surface area (Å²) >= 11 is 0. The number of pyridine rings is 1. The highest BCUT2D eigenvalue weighted by Gasteiger charge is 2.04. The normalized spacial score (nSPS) is 11.0. The number of aromatic nitrogens is 1. The van der Waals surface area contributed by atoms with Gasteiger partial charge >= 0.3 is 0 Å². The second kappa shape index (κ2) is 11.6. The first-order valence-electron chi connectivity index (χ1n) is 9.48. The van der Waals surface area contributed by atoms with Crippen LogP contribution in [0, 0.1) is 6.92 Å². The van der Waals surface area contributed by atoms with E-state index in [-0.39, 0.29) is 5.91 Å². The molecule has 28 heavy (non-hydrogen) atoms. The Bertz CT molecular complexity index is 778. The number of rotatable bonds is 9. The van der Waals surface area contributed by atoms with Crippen molar-refractivity contribution in [3.8, 4) is 5.75 Å². The number of methoxy groups -OCH3 is 1. The number of hydrogen-bond donors (Lipinski definition) is 3. The second-order valence-electron chi connectivity index (χ2n) is 6.24. The quantitative estimate of drug-likeness (QED) is 0.350. The first-order valence-corrected chi connectivity index (χ1v) is 9.48. The van der Waals surface area contributed by atoms with Gasteiger partial charge in [0.15, 0.2) is 5.96 Å². The number of carbonyl (C=O) groups is 1. The molecule has 1 heterocycles. The summed E-state index contributed by atoms with van der Waals surface area (Å²) in [5, 5.41) is 9.30. The monoisotopic (exact) mass is 383 g/mol. The molecule has 0 aliphatic heterocycles. The Kier molecular flexibility index (Phi) is 8.78. The molecule has 7 nitrogen and oxygen atoms in total. The van der Waals surface area contributed by atoms with E-state index in [9.17, 15) is 4.79 Å². The number of aliphatic imine (C=N–C) groups is 1. The molecule has 3 N–H and O–H groups in total. The summed E-state index contributed by atoms with van der Waals surface area (Å²) in [6.45, 7) is 6.55. The molecule has 2 aromatic rings. The lowest BCUT2D eigenvalue weighted by Gasteiger charge is -2.12. The number of aryl methyl sites for hydroxylation is 1. The smallest absolute Gasteiger partial charge is 0.252 e. The SMILES string of the molecule is CCNC(=NCCc1ccc(C)c(OC)c1)NCCNC(=O)c1cccnc1. The zero-order valence-electron chi connectivity index (χ0n) is 16.8. The van der Waals surface area contributed by atoms with Crippen LogP contribution in [0.2, 0.25) is 0 Å². The summed E-state index contributed by atoms with van der Waals surface area (Å²) in [7, 11) is 1.69. The number of ether oxygens (including phenoxy) is 1. The maximum Gasteiger partial charge on any atom is 0.252 e. The highest BCUT2D eigenvalue weighted by atomic mass is 16.5. The van der Waals surface area contributed by atoms with Crippen molar-refractivity contribution in [3.63, 3.8) is 0 Å². The molecule has 0 fully saturated rings. The molecule has 150 valence electrons. The third-order valence-corrected chi connectivity index (χ3v) is 4.11. The molecule has 0 spiro atoms. The third kappa shape index (κ3) is 6.90. The highest BCUT2D eigenvalue weighted by molar-refractivity contribution is 5.93. The van der Waals surface area contributed by atoms with Crippen molar-refractivity contribution in [1.82, 2.24) is 20.9 Å². The van der Waals surface area contributed by atoms with Gasteiger partial charge in [0.1, 0.15) is 5.75 Å². The lowest BCUT2D eigenvalue weighted by molar-refractivity contribution is 0.0954. The first kappa shape index (κ1) is 21.2. The number of nitrogens with one attached hydrogen (secondary N) is 3. The van der Waals surface area contributed by atoms with Crippen LogP contribution in [0.3, 0.4) is 0 Å². The number of hydrogen-bond acceptors (Lipinski definition) is 4.